The van der Waals surface area contributed by atoms with Gasteiger partial charge in [-0.05, 0) is 49.2 Å². The molecule has 2 aromatic carbocycles. The molecule has 0 spiro atoms. The fourth-order valence-electron chi connectivity index (χ4n) is 2.70. The molecule has 0 saturated carbocycles. The molecule has 0 aromatic heterocycles. The van der Waals surface area contributed by atoms with Crippen LogP contribution in [0.4, 0.5) is 23.2 Å². The van der Waals surface area contributed by atoms with Gasteiger partial charge in [0.1, 0.15) is 5.82 Å². The summed E-state index contributed by atoms with van der Waals surface area (Å²) in [6.45, 7) is 3.16. The van der Waals surface area contributed by atoms with Crippen LogP contribution in [0, 0.1) is 12.7 Å². The number of nitrogens with zero attached hydrogens (tertiary/aromatic N) is 1. The van der Waals surface area contributed by atoms with Gasteiger partial charge in [-0.2, -0.15) is 13.2 Å². The molecule has 2 aromatic rings. The van der Waals surface area contributed by atoms with Gasteiger partial charge in [-0.3, -0.25) is 4.31 Å². The van der Waals surface area contributed by atoms with Crippen LogP contribution in [0.15, 0.2) is 41.3 Å². The molecule has 0 fully saturated rings. The van der Waals surface area contributed by atoms with Crippen molar-refractivity contribution in [2.45, 2.75) is 31.3 Å². The van der Waals surface area contributed by atoms with E-state index in [1.54, 1.807) is 13.8 Å². The summed E-state index contributed by atoms with van der Waals surface area (Å²) < 4.78 is 84.1. The van der Waals surface area contributed by atoms with Crippen LogP contribution in [0.3, 0.4) is 0 Å². The zero-order chi connectivity index (χ0) is 22.0. The van der Waals surface area contributed by atoms with Crippen LogP contribution in [-0.2, 0) is 20.9 Å². The Balaban J connectivity index is 2.58. The van der Waals surface area contributed by atoms with E-state index in [1.165, 1.54) is 12.1 Å². The number of carbonyl (C=O) groups is 1. The normalized spacial score (nSPS) is 12.0. The largest absolute Gasteiger partial charge is 0.465 e. The minimum absolute atomic E-state index is 0.0311. The van der Waals surface area contributed by atoms with Crippen LogP contribution >= 0.6 is 0 Å². The third-order valence-corrected chi connectivity index (χ3v) is 6.00. The average Bonchev–Trinajstić information content (AvgIpc) is 2.64. The Kier molecular flexibility index (Phi) is 6.56. The lowest BCUT2D eigenvalue weighted by molar-refractivity contribution is -0.139. The second-order valence-electron chi connectivity index (χ2n) is 6.21. The van der Waals surface area contributed by atoms with Gasteiger partial charge >= 0.3 is 12.1 Å². The van der Waals surface area contributed by atoms with Gasteiger partial charge < -0.3 is 4.74 Å². The van der Waals surface area contributed by atoms with E-state index in [2.05, 4.69) is 4.74 Å². The second-order valence-corrected chi connectivity index (χ2v) is 8.07. The van der Waals surface area contributed by atoms with Crippen molar-refractivity contribution in [2.24, 2.45) is 0 Å². The van der Waals surface area contributed by atoms with Gasteiger partial charge in [0.25, 0.3) is 10.0 Å². The van der Waals surface area contributed by atoms with Crippen molar-refractivity contribution in [3.8, 4) is 0 Å². The Bertz CT molecular complexity index is 1020. The summed E-state index contributed by atoms with van der Waals surface area (Å²) in [6.07, 6.45) is -4.58. The van der Waals surface area contributed by atoms with Gasteiger partial charge in [-0.15, -0.1) is 0 Å². The van der Waals surface area contributed by atoms with Gasteiger partial charge in [0, 0.05) is 6.54 Å². The number of sulfonamides is 1. The number of halogens is 4. The highest BCUT2D eigenvalue weighted by Crippen LogP contribution is 2.34. The first-order valence-corrected chi connectivity index (χ1v) is 9.96. The molecule has 0 amide bonds. The number of carbonyl (C=O) groups excluding carboxylic acids is 1. The average molecular weight is 433 g/mol. The Hall–Kier alpha value is -2.62. The molecule has 5 nitrogen and oxygen atoms in total. The predicted molar refractivity (Wildman–Crippen MR) is 98.7 cm³/mol. The maximum absolute atomic E-state index is 14.0. The van der Waals surface area contributed by atoms with Crippen LogP contribution in [-0.4, -0.2) is 28.0 Å². The minimum atomic E-state index is -4.90. The molecule has 2 rings (SSSR count). The highest BCUT2D eigenvalue weighted by molar-refractivity contribution is 7.92. The van der Waals surface area contributed by atoms with E-state index in [0.717, 1.165) is 23.5 Å². The summed E-state index contributed by atoms with van der Waals surface area (Å²) in [7, 11) is -3.13. The maximum Gasteiger partial charge on any atom is 0.419 e. The van der Waals surface area contributed by atoms with Gasteiger partial charge in [-0.25, -0.2) is 17.6 Å². The number of hydrogen-bond donors (Lipinski definition) is 0. The van der Waals surface area contributed by atoms with E-state index in [0.29, 0.717) is 24.1 Å². The smallest absolute Gasteiger partial charge is 0.419 e. The molecule has 29 heavy (non-hydrogen) atoms. The number of ether oxygens (including phenoxy) is 1. The fraction of sp³-hybridized carbons (Fsp3) is 0.316. The molecule has 0 aliphatic rings. The van der Waals surface area contributed by atoms with E-state index in [9.17, 15) is 30.8 Å². The van der Waals surface area contributed by atoms with Crippen molar-refractivity contribution in [3.05, 3.63) is 58.9 Å². The maximum atomic E-state index is 14.0. The van der Waals surface area contributed by atoms with Crippen molar-refractivity contribution >= 4 is 21.7 Å². The third kappa shape index (κ3) is 4.69. The first-order chi connectivity index (χ1) is 13.4. The Morgan fingerprint density at radius 3 is 2.31 bits per heavy atom. The lowest BCUT2D eigenvalue weighted by Crippen LogP contribution is -2.32. The van der Waals surface area contributed by atoms with Crippen LogP contribution in [0.5, 0.6) is 0 Å². The first kappa shape index (κ1) is 22.7. The zero-order valence-electron chi connectivity index (χ0n) is 15.9. The van der Waals surface area contributed by atoms with Crippen LogP contribution in [0.2, 0.25) is 0 Å². The standard InChI is InChI=1S/C19H19F4NO4S/c1-4-9-24(13-6-8-16(17(20)10-13)19(21,22)23)29(26,27)14-7-5-12(2)15(11-14)18(25)28-3/h5-8,10-11H,4,9H2,1-3H3. The van der Waals surface area contributed by atoms with Crippen LogP contribution in [0.25, 0.3) is 0 Å². The van der Waals surface area contributed by atoms with Crippen molar-refractivity contribution in [3.63, 3.8) is 0 Å². The third-order valence-electron chi connectivity index (χ3n) is 4.18. The van der Waals surface area contributed by atoms with Crippen molar-refractivity contribution in [1.29, 1.82) is 0 Å². The molecular weight excluding hydrogens is 414 g/mol. The van der Waals surface area contributed by atoms with Crippen molar-refractivity contribution in [2.75, 3.05) is 18.0 Å². The molecular formula is C19H19F4NO4S. The van der Waals surface area contributed by atoms with E-state index in [1.807, 2.05) is 0 Å². The molecule has 10 heteroatoms. The second kappa shape index (κ2) is 8.40. The lowest BCUT2D eigenvalue weighted by atomic mass is 10.1. The molecule has 0 saturated heterocycles. The Labute approximate surface area is 166 Å². The summed E-state index contributed by atoms with van der Waals surface area (Å²) >= 11 is 0. The Morgan fingerprint density at radius 1 is 1.14 bits per heavy atom. The van der Waals surface area contributed by atoms with Gasteiger partial charge in [0.05, 0.1) is 28.8 Å². The topological polar surface area (TPSA) is 63.7 Å². The summed E-state index contributed by atoms with van der Waals surface area (Å²) in [5.74, 6) is -2.31. The molecule has 0 radical (unpaired) electrons. The van der Waals surface area contributed by atoms with Gasteiger partial charge in [0.15, 0.2) is 0 Å². The van der Waals surface area contributed by atoms with Crippen molar-refractivity contribution in [1.82, 2.24) is 0 Å². The van der Waals surface area contributed by atoms with Crippen LogP contribution in [0.1, 0.15) is 34.8 Å². The molecule has 0 aliphatic heterocycles. The number of aryl methyl sites for hydroxylation is 1. The highest BCUT2D eigenvalue weighted by atomic mass is 32.2. The molecule has 0 N–H and O–H groups in total. The Morgan fingerprint density at radius 2 is 1.79 bits per heavy atom. The number of anilines is 1. The molecule has 158 valence electrons. The minimum Gasteiger partial charge on any atom is -0.465 e. The molecule has 0 atom stereocenters. The number of esters is 1. The summed E-state index contributed by atoms with van der Waals surface area (Å²) in [6, 6.07) is 5.73. The van der Waals surface area contributed by atoms with E-state index >= 15 is 0 Å². The number of methoxy groups -OCH3 is 1. The number of hydrogen-bond acceptors (Lipinski definition) is 4. The van der Waals surface area contributed by atoms with Crippen molar-refractivity contribution < 1.29 is 35.5 Å². The number of rotatable bonds is 6. The molecule has 0 bridgehead atoms. The lowest BCUT2D eigenvalue weighted by Gasteiger charge is -2.25. The van der Waals surface area contributed by atoms with E-state index in [-0.39, 0.29) is 22.7 Å². The van der Waals surface area contributed by atoms with Gasteiger partial charge in [0.2, 0.25) is 0 Å². The highest BCUT2D eigenvalue weighted by Gasteiger charge is 2.35. The van der Waals surface area contributed by atoms with E-state index in [4.69, 9.17) is 0 Å². The molecule has 0 unspecified atom stereocenters. The SMILES string of the molecule is CCCN(c1ccc(C(F)(F)F)c(F)c1)S(=O)(=O)c1ccc(C)c(C(=O)OC)c1. The monoisotopic (exact) mass is 433 g/mol. The summed E-state index contributed by atoms with van der Waals surface area (Å²) in [5.41, 5.74) is -1.22. The predicted octanol–water partition coefficient (Wildman–Crippen LogP) is 4.54. The summed E-state index contributed by atoms with van der Waals surface area (Å²) in [4.78, 5) is 11.6. The number of benzene rings is 2. The number of alkyl halides is 3. The van der Waals surface area contributed by atoms with Crippen LogP contribution < -0.4 is 4.31 Å². The van der Waals surface area contributed by atoms with Gasteiger partial charge in [-0.1, -0.05) is 13.0 Å². The fourth-order valence-corrected chi connectivity index (χ4v) is 4.27. The first-order valence-electron chi connectivity index (χ1n) is 8.52. The molecule has 0 aliphatic carbocycles. The molecule has 0 heterocycles. The quantitative estimate of drug-likeness (QED) is 0.496. The van der Waals surface area contributed by atoms with E-state index < -0.39 is 33.5 Å². The summed E-state index contributed by atoms with van der Waals surface area (Å²) in [5, 5.41) is 0. The zero-order valence-corrected chi connectivity index (χ0v) is 16.7.